The summed E-state index contributed by atoms with van der Waals surface area (Å²) in [6, 6.07) is 20.4. The van der Waals surface area contributed by atoms with Gasteiger partial charge in [-0.3, -0.25) is 13.8 Å². The summed E-state index contributed by atoms with van der Waals surface area (Å²) < 4.78 is 32.6. The number of rotatable bonds is 6. The molecule has 6 unspecified atom stereocenters. The molecule has 1 aliphatic carbocycles. The maximum atomic E-state index is 14.0. The molecule has 1 heterocycles. The molecule has 31 heavy (non-hydrogen) atoms. The van der Waals surface area contributed by atoms with Crippen LogP contribution in [0.2, 0.25) is 0 Å². The number of carbonyl (C=O) groups is 1. The van der Waals surface area contributed by atoms with Crippen LogP contribution in [0.4, 0.5) is 0 Å². The van der Waals surface area contributed by atoms with Gasteiger partial charge in [0, 0.05) is 12.0 Å². The highest BCUT2D eigenvalue weighted by Crippen LogP contribution is 2.68. The minimum atomic E-state index is -3.86. The molecular weight excluding hydrogens is 415 g/mol. The van der Waals surface area contributed by atoms with Crippen molar-refractivity contribution in [2.75, 3.05) is 14.2 Å². The predicted octanol–water partition coefficient (Wildman–Crippen LogP) is 4.43. The lowest BCUT2D eigenvalue weighted by molar-refractivity contribution is -0.143. The topological polar surface area (TPSA) is 88.9 Å². The van der Waals surface area contributed by atoms with E-state index in [4.69, 9.17) is 13.8 Å². The lowest BCUT2D eigenvalue weighted by atomic mass is 9.89. The van der Waals surface area contributed by atoms with E-state index in [0.29, 0.717) is 12.0 Å². The highest BCUT2D eigenvalue weighted by Gasteiger charge is 2.63. The summed E-state index contributed by atoms with van der Waals surface area (Å²) in [5.41, 5.74) is -0.184. The van der Waals surface area contributed by atoms with E-state index in [1.54, 1.807) is 36.0 Å². The summed E-state index contributed by atoms with van der Waals surface area (Å²) in [4.78, 5) is 12.2. The van der Waals surface area contributed by atoms with Gasteiger partial charge in [0.25, 0.3) is 0 Å². The van der Waals surface area contributed by atoms with Gasteiger partial charge in [-0.05, 0) is 31.5 Å². The van der Waals surface area contributed by atoms with Crippen LogP contribution < -0.4 is 0 Å². The number of nitriles is 1. The second-order valence-electron chi connectivity index (χ2n) is 8.00. The summed E-state index contributed by atoms with van der Waals surface area (Å²) in [5, 5.41) is 10.3. The fourth-order valence-electron chi connectivity index (χ4n) is 4.22. The molecule has 8 heteroatoms. The zero-order chi connectivity index (χ0) is 22.2. The Morgan fingerprint density at radius 1 is 1.19 bits per heavy atom. The Bertz CT molecular complexity index is 1040. The van der Waals surface area contributed by atoms with Crippen molar-refractivity contribution in [1.29, 1.82) is 5.26 Å². The molecule has 0 bridgehead atoms. The summed E-state index contributed by atoms with van der Waals surface area (Å²) in [5.74, 6) is -1.38. The van der Waals surface area contributed by atoms with Gasteiger partial charge in [0.05, 0.1) is 13.0 Å². The SMILES string of the molecule is COC(=O)C1CC1C(C#N)(OP1(=O)OC(c2ccccc2)C(C)N1C)c1ccccc1. The van der Waals surface area contributed by atoms with Gasteiger partial charge in [-0.2, -0.15) is 5.26 Å². The van der Waals surface area contributed by atoms with Crippen LogP contribution >= 0.6 is 7.75 Å². The lowest BCUT2D eigenvalue weighted by Crippen LogP contribution is -2.34. The van der Waals surface area contributed by atoms with Crippen molar-refractivity contribution in [1.82, 2.24) is 4.67 Å². The normalized spacial score (nSPS) is 32.1. The summed E-state index contributed by atoms with van der Waals surface area (Å²) in [6.07, 6.45) is -0.0592. The van der Waals surface area contributed by atoms with Gasteiger partial charge in [-0.25, -0.2) is 9.24 Å². The zero-order valence-electron chi connectivity index (χ0n) is 17.7. The largest absolute Gasteiger partial charge is 0.469 e. The molecule has 0 amide bonds. The van der Waals surface area contributed by atoms with Crippen molar-refractivity contribution in [3.63, 3.8) is 0 Å². The van der Waals surface area contributed by atoms with Gasteiger partial charge < -0.3 is 4.74 Å². The van der Waals surface area contributed by atoms with E-state index < -0.39 is 37.3 Å². The Morgan fingerprint density at radius 3 is 2.39 bits per heavy atom. The first-order valence-corrected chi connectivity index (χ1v) is 11.7. The standard InChI is InChI=1S/C23H25N2O5P/c1-16-21(17-10-6-4-7-11-17)29-31(27,25(16)2)30-23(15-24,18-12-8-5-9-13-18)20-14-19(20)22(26)28-3/h4-13,16,19-21H,14H2,1-3H3. The first kappa shape index (κ1) is 21.7. The number of esters is 1. The van der Waals surface area contributed by atoms with Gasteiger partial charge in [-0.1, -0.05) is 60.7 Å². The van der Waals surface area contributed by atoms with Gasteiger partial charge in [0.15, 0.2) is 5.60 Å². The van der Waals surface area contributed by atoms with Crippen molar-refractivity contribution >= 4 is 13.7 Å². The number of hydrogen-bond acceptors (Lipinski definition) is 6. The molecule has 0 radical (unpaired) electrons. The van der Waals surface area contributed by atoms with Crippen LogP contribution in [0, 0.1) is 23.2 Å². The molecule has 1 aliphatic heterocycles. The van der Waals surface area contributed by atoms with Gasteiger partial charge in [0.1, 0.15) is 12.2 Å². The van der Waals surface area contributed by atoms with Crippen LogP contribution in [0.15, 0.2) is 60.7 Å². The van der Waals surface area contributed by atoms with Crippen LogP contribution in [-0.2, 0) is 28.7 Å². The van der Waals surface area contributed by atoms with Gasteiger partial charge in [0.2, 0.25) is 0 Å². The first-order chi connectivity index (χ1) is 14.9. The monoisotopic (exact) mass is 440 g/mol. The van der Waals surface area contributed by atoms with Crippen LogP contribution in [0.3, 0.4) is 0 Å². The summed E-state index contributed by atoms with van der Waals surface area (Å²) in [6.45, 7) is 1.91. The van der Waals surface area contributed by atoms with E-state index in [1.807, 2.05) is 43.3 Å². The minimum absolute atomic E-state index is 0.240. The summed E-state index contributed by atoms with van der Waals surface area (Å²) in [7, 11) is -0.873. The molecule has 2 aromatic carbocycles. The molecule has 0 spiro atoms. The highest BCUT2D eigenvalue weighted by atomic mass is 31.2. The quantitative estimate of drug-likeness (QED) is 0.485. The molecule has 6 atom stereocenters. The molecule has 0 N–H and O–H groups in total. The Labute approximate surface area is 182 Å². The summed E-state index contributed by atoms with van der Waals surface area (Å²) >= 11 is 0. The molecule has 7 nitrogen and oxygen atoms in total. The number of likely N-dealkylation sites (N-methyl/N-ethyl adjacent to an activating group) is 1. The highest BCUT2D eigenvalue weighted by molar-refractivity contribution is 7.51. The third-order valence-electron chi connectivity index (χ3n) is 6.23. The molecular formula is C23H25N2O5P. The number of benzene rings is 2. The number of methoxy groups -OCH3 is 1. The van der Waals surface area contributed by atoms with Crippen LogP contribution in [-0.4, -0.2) is 30.8 Å². The molecule has 2 fully saturated rings. The van der Waals surface area contributed by atoms with Crippen LogP contribution in [0.5, 0.6) is 0 Å². The number of nitrogens with zero attached hydrogens (tertiary/aromatic N) is 2. The van der Waals surface area contributed by atoms with E-state index >= 15 is 0 Å². The van der Waals surface area contributed by atoms with E-state index in [2.05, 4.69) is 6.07 Å². The van der Waals surface area contributed by atoms with Crippen molar-refractivity contribution in [3.05, 3.63) is 71.8 Å². The fourth-order valence-corrected chi connectivity index (χ4v) is 6.34. The smallest absolute Gasteiger partial charge is 0.410 e. The second kappa shape index (κ2) is 8.22. The first-order valence-electron chi connectivity index (χ1n) is 10.2. The van der Waals surface area contributed by atoms with Crippen molar-refractivity contribution in [3.8, 4) is 6.07 Å². The molecule has 4 rings (SSSR count). The van der Waals surface area contributed by atoms with Crippen LogP contribution in [0.1, 0.15) is 30.6 Å². The van der Waals surface area contributed by atoms with Crippen molar-refractivity contribution in [2.24, 2.45) is 11.8 Å². The molecule has 2 aromatic rings. The van der Waals surface area contributed by atoms with E-state index in [0.717, 1.165) is 5.56 Å². The van der Waals surface area contributed by atoms with Crippen molar-refractivity contribution in [2.45, 2.75) is 31.1 Å². The maximum absolute atomic E-state index is 14.0. The fraction of sp³-hybridized carbons (Fsp3) is 0.391. The predicted molar refractivity (Wildman–Crippen MR) is 114 cm³/mol. The minimum Gasteiger partial charge on any atom is -0.469 e. The average molecular weight is 440 g/mol. The zero-order valence-corrected chi connectivity index (χ0v) is 18.6. The van der Waals surface area contributed by atoms with Crippen molar-refractivity contribution < 1.29 is 23.1 Å². The second-order valence-corrected chi connectivity index (χ2v) is 9.96. The Hall–Kier alpha value is -2.49. The van der Waals surface area contributed by atoms with E-state index in [1.165, 1.54) is 7.11 Å². The molecule has 1 saturated heterocycles. The number of ether oxygens (including phenoxy) is 1. The average Bonchev–Trinajstić information content (AvgIpc) is 3.58. The Morgan fingerprint density at radius 2 is 1.81 bits per heavy atom. The van der Waals surface area contributed by atoms with Gasteiger partial charge >= 0.3 is 13.7 Å². The third kappa shape index (κ3) is 3.71. The maximum Gasteiger partial charge on any atom is 0.410 e. The molecule has 1 saturated carbocycles. The lowest BCUT2D eigenvalue weighted by Gasteiger charge is -2.32. The van der Waals surface area contributed by atoms with Gasteiger partial charge in [-0.15, -0.1) is 0 Å². The Kier molecular flexibility index (Phi) is 5.76. The Balaban J connectivity index is 1.71. The molecule has 162 valence electrons. The number of carbonyl (C=O) groups excluding carboxylic acids is 1. The third-order valence-corrected chi connectivity index (χ3v) is 8.38. The molecule has 2 aliphatic rings. The van der Waals surface area contributed by atoms with E-state index in [9.17, 15) is 14.6 Å². The van der Waals surface area contributed by atoms with Crippen LogP contribution in [0.25, 0.3) is 0 Å². The van der Waals surface area contributed by atoms with E-state index in [-0.39, 0.29) is 6.04 Å². The molecule has 0 aromatic heterocycles. The number of hydrogen-bond donors (Lipinski definition) is 0.